The number of hydrogen-bond acceptors (Lipinski definition) is 1. The van der Waals surface area contributed by atoms with Crippen LogP contribution in [-0.2, 0) is 19.8 Å². The third-order valence-electron chi connectivity index (χ3n) is 2.59. The molecule has 0 aliphatic rings. The summed E-state index contributed by atoms with van der Waals surface area (Å²) in [5, 5.41) is 0. The van der Waals surface area contributed by atoms with Crippen LogP contribution in [0.4, 0.5) is 0 Å². The summed E-state index contributed by atoms with van der Waals surface area (Å²) in [6.45, 7) is 2.27. The molecule has 0 aliphatic carbocycles. The van der Waals surface area contributed by atoms with Crippen molar-refractivity contribution in [1.82, 2.24) is 0 Å². The van der Waals surface area contributed by atoms with Gasteiger partial charge in [0.05, 0.1) is 0 Å². The van der Waals surface area contributed by atoms with E-state index in [1.165, 1.54) is 64.2 Å². The van der Waals surface area contributed by atoms with E-state index in [0.29, 0.717) is 4.43 Å². The summed E-state index contributed by atoms with van der Waals surface area (Å²) in [4.78, 5) is 0. The molecule has 0 heterocycles. The summed E-state index contributed by atoms with van der Waals surface area (Å²) in [6, 6.07) is 0. The number of hydrogen-bond donors (Lipinski definition) is 1. The van der Waals surface area contributed by atoms with Crippen LogP contribution in [0.15, 0.2) is 0 Å². The first-order chi connectivity index (χ1) is 6.77. The molecule has 0 fully saturated rings. The molecule has 0 bridgehead atoms. The summed E-state index contributed by atoms with van der Waals surface area (Å²) in [6.07, 6.45) is 13.9. The Morgan fingerprint density at radius 2 is 1.29 bits per heavy atom. The van der Waals surface area contributed by atoms with E-state index in [2.05, 4.69) is 6.92 Å². The van der Waals surface area contributed by atoms with Crippen LogP contribution in [0.2, 0.25) is 0 Å². The van der Waals surface area contributed by atoms with Gasteiger partial charge in [-0.05, 0) is 0 Å². The van der Waals surface area contributed by atoms with Gasteiger partial charge in [0.25, 0.3) is 0 Å². The Morgan fingerprint density at radius 1 is 0.857 bits per heavy atom. The molecule has 0 aromatic carbocycles. The van der Waals surface area contributed by atoms with E-state index in [1.54, 1.807) is 0 Å². The summed E-state index contributed by atoms with van der Waals surface area (Å²) in [5.41, 5.74) is 5.69. The Balaban J connectivity index is 2.85. The van der Waals surface area contributed by atoms with Crippen molar-refractivity contribution in [3.8, 4) is 0 Å². The van der Waals surface area contributed by atoms with Gasteiger partial charge in [-0.25, -0.2) is 0 Å². The molecule has 85 valence electrons. The quantitative estimate of drug-likeness (QED) is 0.479. The summed E-state index contributed by atoms with van der Waals surface area (Å²) >= 11 is 2.03. The molecule has 0 spiro atoms. The molecule has 1 nitrogen and oxygen atoms in total. The molecule has 0 saturated carbocycles. The van der Waals surface area contributed by atoms with Gasteiger partial charge in [0.2, 0.25) is 0 Å². The Labute approximate surface area is 101 Å². The minimum absolute atomic E-state index is 0.412. The van der Waals surface area contributed by atoms with E-state index < -0.39 is 0 Å². The first-order valence-corrected chi connectivity index (χ1v) is 7.34. The van der Waals surface area contributed by atoms with Gasteiger partial charge in [-0.1, -0.05) is 0 Å². The van der Waals surface area contributed by atoms with E-state index >= 15 is 0 Å². The SMILES string of the molecule is CCCCCCCCCCC[CH](N)[Mo]. The van der Waals surface area contributed by atoms with Crippen molar-refractivity contribution in [2.75, 3.05) is 0 Å². The Kier molecular flexibility index (Phi) is 12.3. The van der Waals surface area contributed by atoms with Crippen LogP contribution < -0.4 is 5.73 Å². The van der Waals surface area contributed by atoms with Crippen molar-refractivity contribution in [3.05, 3.63) is 0 Å². The average molecular weight is 280 g/mol. The van der Waals surface area contributed by atoms with Crippen LogP contribution in [0.5, 0.6) is 0 Å². The summed E-state index contributed by atoms with van der Waals surface area (Å²) < 4.78 is 0.412. The van der Waals surface area contributed by atoms with Gasteiger partial charge in [-0.2, -0.15) is 0 Å². The van der Waals surface area contributed by atoms with E-state index in [4.69, 9.17) is 5.73 Å². The van der Waals surface area contributed by atoms with Gasteiger partial charge >= 0.3 is 101 Å². The second-order valence-corrected chi connectivity index (χ2v) is 5.64. The second kappa shape index (κ2) is 11.7. The maximum atomic E-state index is 5.69. The zero-order chi connectivity index (χ0) is 10.6. The average Bonchev–Trinajstić information content (AvgIpc) is 2.15. The van der Waals surface area contributed by atoms with Crippen LogP contribution in [0.3, 0.4) is 0 Å². The van der Waals surface area contributed by atoms with Crippen LogP contribution >= 0.6 is 0 Å². The predicted octanol–water partition coefficient (Wildman–Crippen LogP) is 3.74. The van der Waals surface area contributed by atoms with E-state index in [1.807, 2.05) is 19.8 Å². The third kappa shape index (κ3) is 12.6. The molecule has 0 amide bonds. The fourth-order valence-electron chi connectivity index (χ4n) is 1.66. The Hall–Kier alpha value is 0.648. The van der Waals surface area contributed by atoms with Gasteiger partial charge in [0.1, 0.15) is 0 Å². The number of nitrogens with two attached hydrogens (primary N) is 1. The fraction of sp³-hybridized carbons (Fsp3) is 1.00. The molecule has 0 radical (unpaired) electrons. The van der Waals surface area contributed by atoms with Gasteiger partial charge in [-0.3, -0.25) is 0 Å². The molecule has 1 unspecified atom stereocenters. The predicted molar refractivity (Wildman–Crippen MR) is 59.8 cm³/mol. The van der Waals surface area contributed by atoms with Crippen molar-refractivity contribution in [1.29, 1.82) is 0 Å². The zero-order valence-corrected chi connectivity index (χ0v) is 11.6. The molecule has 2 heteroatoms. The molecule has 1 atom stereocenters. The molecular formula is C12H26MoN. The first-order valence-electron chi connectivity index (χ1n) is 6.18. The van der Waals surface area contributed by atoms with Crippen LogP contribution in [0.25, 0.3) is 0 Å². The third-order valence-corrected chi connectivity index (χ3v) is 3.17. The topological polar surface area (TPSA) is 26.0 Å². The normalized spacial score (nSPS) is 13.0. The molecular weight excluding hydrogens is 254 g/mol. The molecule has 0 aromatic rings. The van der Waals surface area contributed by atoms with Crippen molar-refractivity contribution in [2.45, 2.75) is 75.6 Å². The first kappa shape index (κ1) is 14.6. The Morgan fingerprint density at radius 3 is 1.71 bits per heavy atom. The van der Waals surface area contributed by atoms with Crippen molar-refractivity contribution in [2.24, 2.45) is 5.73 Å². The van der Waals surface area contributed by atoms with Crippen molar-refractivity contribution in [3.63, 3.8) is 0 Å². The molecule has 0 saturated heterocycles. The van der Waals surface area contributed by atoms with E-state index in [0.717, 1.165) is 0 Å². The van der Waals surface area contributed by atoms with Gasteiger partial charge in [-0.15, -0.1) is 0 Å². The monoisotopic (exact) mass is 282 g/mol. The second-order valence-electron chi connectivity index (χ2n) is 4.16. The molecule has 2 N–H and O–H groups in total. The van der Waals surface area contributed by atoms with Crippen LogP contribution in [-0.4, -0.2) is 4.43 Å². The number of unbranched alkanes of at least 4 members (excludes halogenated alkanes) is 8. The van der Waals surface area contributed by atoms with E-state index in [9.17, 15) is 0 Å². The number of rotatable bonds is 10. The fourth-order valence-corrected chi connectivity index (χ4v) is 2.07. The van der Waals surface area contributed by atoms with Gasteiger partial charge in [0, 0.05) is 0 Å². The molecule has 0 aromatic heterocycles. The molecule has 0 rings (SSSR count). The van der Waals surface area contributed by atoms with Crippen molar-refractivity contribution < 1.29 is 19.8 Å². The van der Waals surface area contributed by atoms with Crippen LogP contribution in [0.1, 0.15) is 71.1 Å². The van der Waals surface area contributed by atoms with Crippen molar-refractivity contribution >= 4 is 0 Å². The van der Waals surface area contributed by atoms with Gasteiger partial charge in [0.15, 0.2) is 0 Å². The van der Waals surface area contributed by atoms with Gasteiger partial charge < -0.3 is 0 Å². The minimum atomic E-state index is 0.412. The Bertz CT molecular complexity index is 104. The molecule has 14 heavy (non-hydrogen) atoms. The summed E-state index contributed by atoms with van der Waals surface area (Å²) in [5.74, 6) is 0. The maximum absolute atomic E-state index is 5.69. The zero-order valence-electron chi connectivity index (χ0n) is 9.63. The summed E-state index contributed by atoms with van der Waals surface area (Å²) in [7, 11) is 0. The van der Waals surface area contributed by atoms with Crippen LogP contribution in [0, 0.1) is 0 Å². The molecule has 0 aliphatic heterocycles. The standard InChI is InChI=1S/C12H26N.Mo/c1-2-3-4-5-6-7-8-9-10-11-12-13;/h12H,2-11,13H2,1H3;. The van der Waals surface area contributed by atoms with E-state index in [-0.39, 0.29) is 0 Å².